The molecule has 0 unspecified atom stereocenters. The maximum absolute atomic E-state index is 4.84. The minimum atomic E-state index is 0.117. The van der Waals surface area contributed by atoms with E-state index in [1.807, 2.05) is 6.07 Å². The van der Waals surface area contributed by atoms with E-state index in [2.05, 4.69) is 188 Å². The fourth-order valence-electron chi connectivity index (χ4n) is 9.34. The van der Waals surface area contributed by atoms with E-state index in [0.29, 0.717) is 0 Å². The van der Waals surface area contributed by atoms with Crippen molar-refractivity contribution in [2.45, 2.75) is 20.3 Å². The number of nitrogens with zero attached hydrogens (tertiary/aromatic N) is 3. The maximum atomic E-state index is 4.84. The van der Waals surface area contributed by atoms with Crippen LogP contribution < -0.4 is 0 Å². The first-order valence-electron chi connectivity index (χ1n) is 19.8. The molecule has 10 aromatic rings. The summed E-state index contributed by atoms with van der Waals surface area (Å²) in [6, 6.07) is 62.3. The predicted molar refractivity (Wildman–Crippen MR) is 242 cm³/mol. The summed E-state index contributed by atoms with van der Waals surface area (Å²) in [4.78, 5) is 0. The Morgan fingerprint density at radius 3 is 1.86 bits per heavy atom. The zero-order chi connectivity index (χ0) is 38.7. The van der Waals surface area contributed by atoms with Gasteiger partial charge in [-0.3, -0.25) is 0 Å². The Kier molecular flexibility index (Phi) is 8.36. The van der Waals surface area contributed by atoms with Crippen LogP contribution in [0.15, 0.2) is 176 Å². The van der Waals surface area contributed by atoms with Crippen molar-refractivity contribution in [1.29, 1.82) is 0 Å². The summed E-state index contributed by atoms with van der Waals surface area (Å²) in [5.74, 6) is 0. The molecular weight excluding hydrogens is 770 g/mol. The number of aromatic nitrogens is 3. The molecule has 0 saturated carbocycles. The van der Waals surface area contributed by atoms with Crippen LogP contribution in [0.5, 0.6) is 0 Å². The number of hydrogen-bond donors (Lipinski definition) is 0. The van der Waals surface area contributed by atoms with Crippen LogP contribution in [-0.4, -0.2) is 29.9 Å². The third kappa shape index (κ3) is 5.52. The molecule has 0 spiro atoms. The van der Waals surface area contributed by atoms with E-state index in [-0.39, 0.29) is 14.5 Å². The second-order valence-corrected chi connectivity index (χ2v) is 17.5. The first-order chi connectivity index (χ1) is 28.6. The first-order valence-corrected chi connectivity index (χ1v) is 21.5. The van der Waals surface area contributed by atoms with Crippen molar-refractivity contribution in [3.63, 3.8) is 0 Å². The SMILES string of the molecule is Cc1cc2c(c(-c3c(-c4ccccc4)cc4[se]c5ccccc5c4c3-c3ccc(-c4ccccc4)c(-c4ccccc4)c3-c3ccnnn3)c1C)Cc1ccccc1-2. The monoisotopic (exact) mass is 807 g/mol. The average Bonchev–Trinajstić information content (AvgIpc) is 3.85. The van der Waals surface area contributed by atoms with E-state index in [1.165, 1.54) is 80.5 Å². The second kappa shape index (κ2) is 14.0. The first kappa shape index (κ1) is 34.5. The normalized spacial score (nSPS) is 11.9. The molecule has 11 rings (SSSR count). The van der Waals surface area contributed by atoms with Gasteiger partial charge in [-0.1, -0.05) is 0 Å². The van der Waals surface area contributed by atoms with Crippen LogP contribution in [0.4, 0.5) is 0 Å². The Balaban J connectivity index is 1.39. The second-order valence-electron chi connectivity index (χ2n) is 15.2. The van der Waals surface area contributed by atoms with Gasteiger partial charge in [-0.15, -0.1) is 0 Å². The van der Waals surface area contributed by atoms with Gasteiger partial charge in [0.15, 0.2) is 0 Å². The van der Waals surface area contributed by atoms with Gasteiger partial charge in [-0.2, -0.15) is 0 Å². The molecule has 1 aliphatic rings. The van der Waals surface area contributed by atoms with E-state index < -0.39 is 0 Å². The number of benzene rings is 8. The van der Waals surface area contributed by atoms with Gasteiger partial charge in [0.25, 0.3) is 0 Å². The van der Waals surface area contributed by atoms with E-state index in [9.17, 15) is 0 Å². The fraction of sp³-hybridized carbons (Fsp3) is 0.0556. The summed E-state index contributed by atoms with van der Waals surface area (Å²) in [5, 5.41) is 15.9. The van der Waals surface area contributed by atoms with Gasteiger partial charge in [0, 0.05) is 0 Å². The molecule has 3 nitrogen and oxygen atoms in total. The minimum absolute atomic E-state index is 0.117. The van der Waals surface area contributed by atoms with Crippen molar-refractivity contribution in [1.82, 2.24) is 15.4 Å². The standard InChI is InChI=1S/C54H37N3Se/c1-33-30-44-39-23-13-12-22-38(39)31-45(44)49(34(33)2)54-43(36-18-8-4-9-19-36)32-48-52(41-24-14-15-25-47(41)58-48)53(54)42-27-26-40(35-16-6-3-7-17-35)50(37-20-10-5-11-21-37)51(42)46-28-29-55-57-56-46/h3-30,32H,31H2,1-2H3. The van der Waals surface area contributed by atoms with Gasteiger partial charge >= 0.3 is 346 Å². The summed E-state index contributed by atoms with van der Waals surface area (Å²) in [6.45, 7) is 4.62. The third-order valence-electron chi connectivity index (χ3n) is 12.0. The molecule has 0 bridgehead atoms. The molecule has 0 N–H and O–H groups in total. The summed E-state index contributed by atoms with van der Waals surface area (Å²) >= 11 is 0.117. The van der Waals surface area contributed by atoms with Crippen molar-refractivity contribution in [3.05, 3.63) is 198 Å². The Morgan fingerprint density at radius 1 is 0.466 bits per heavy atom. The molecule has 274 valence electrons. The van der Waals surface area contributed by atoms with Gasteiger partial charge in [0.2, 0.25) is 0 Å². The Hall–Kier alpha value is -6.71. The van der Waals surface area contributed by atoms with Gasteiger partial charge in [-0.25, -0.2) is 0 Å². The van der Waals surface area contributed by atoms with Crippen molar-refractivity contribution in [2.24, 2.45) is 0 Å². The van der Waals surface area contributed by atoms with Crippen molar-refractivity contribution in [2.75, 3.05) is 0 Å². The van der Waals surface area contributed by atoms with Crippen molar-refractivity contribution < 1.29 is 0 Å². The molecule has 2 aromatic heterocycles. The van der Waals surface area contributed by atoms with Crippen LogP contribution in [0.25, 0.3) is 97.3 Å². The van der Waals surface area contributed by atoms with Gasteiger partial charge < -0.3 is 0 Å². The van der Waals surface area contributed by atoms with Crippen molar-refractivity contribution in [3.8, 4) is 78.0 Å². The molecule has 1 aliphatic carbocycles. The van der Waals surface area contributed by atoms with E-state index in [4.69, 9.17) is 5.10 Å². The van der Waals surface area contributed by atoms with Crippen LogP contribution in [0, 0.1) is 13.8 Å². The molecule has 0 aliphatic heterocycles. The van der Waals surface area contributed by atoms with E-state index in [1.54, 1.807) is 6.20 Å². The summed E-state index contributed by atoms with van der Waals surface area (Å²) in [7, 11) is 0. The molecule has 0 fully saturated rings. The van der Waals surface area contributed by atoms with Crippen LogP contribution in [0.2, 0.25) is 0 Å². The van der Waals surface area contributed by atoms with Crippen LogP contribution in [0.3, 0.4) is 0 Å². The van der Waals surface area contributed by atoms with Crippen LogP contribution in [-0.2, 0) is 6.42 Å². The summed E-state index contributed by atoms with van der Waals surface area (Å²) < 4.78 is 2.81. The molecule has 0 saturated heterocycles. The molecule has 0 amide bonds. The van der Waals surface area contributed by atoms with E-state index >= 15 is 0 Å². The predicted octanol–water partition coefficient (Wildman–Crippen LogP) is 13.4. The topological polar surface area (TPSA) is 38.7 Å². The third-order valence-corrected chi connectivity index (χ3v) is 14.4. The zero-order valence-corrected chi connectivity index (χ0v) is 33.9. The van der Waals surface area contributed by atoms with E-state index in [0.717, 1.165) is 45.5 Å². The number of aryl methyl sites for hydroxylation is 1. The molecule has 4 heteroatoms. The zero-order valence-electron chi connectivity index (χ0n) is 32.2. The van der Waals surface area contributed by atoms with Gasteiger partial charge in [0.1, 0.15) is 0 Å². The van der Waals surface area contributed by atoms with Crippen LogP contribution in [0.1, 0.15) is 22.3 Å². The summed E-state index contributed by atoms with van der Waals surface area (Å²) in [6.07, 6.45) is 2.66. The van der Waals surface area contributed by atoms with Crippen molar-refractivity contribution >= 4 is 33.8 Å². The van der Waals surface area contributed by atoms with Crippen LogP contribution >= 0.6 is 0 Å². The molecule has 58 heavy (non-hydrogen) atoms. The Labute approximate surface area is 344 Å². The van der Waals surface area contributed by atoms with Gasteiger partial charge in [-0.05, 0) is 0 Å². The quantitative estimate of drug-likeness (QED) is 0.157. The molecule has 0 atom stereocenters. The number of hydrogen-bond acceptors (Lipinski definition) is 3. The molecule has 8 aromatic carbocycles. The number of fused-ring (bicyclic) bond motifs is 6. The Bertz CT molecular complexity index is 3190. The molecule has 2 heterocycles. The fourth-order valence-corrected chi connectivity index (χ4v) is 11.8. The summed E-state index contributed by atoms with van der Waals surface area (Å²) in [5.41, 5.74) is 21.9. The average molecular weight is 807 g/mol. The van der Waals surface area contributed by atoms with Gasteiger partial charge in [0.05, 0.1) is 0 Å². The molecular formula is C54H37N3Se. The Morgan fingerprint density at radius 2 is 1.12 bits per heavy atom. The number of rotatable bonds is 6. The molecule has 0 radical (unpaired) electrons.